The molecule has 0 atom stereocenters. The van der Waals surface area contributed by atoms with E-state index >= 15 is 0 Å². The Morgan fingerprint density at radius 3 is 2.71 bits per heavy atom. The Morgan fingerprint density at radius 2 is 2.06 bits per heavy atom. The molecule has 2 nitrogen and oxygen atoms in total. The fourth-order valence-corrected chi connectivity index (χ4v) is 3.47. The van der Waals surface area contributed by atoms with E-state index in [2.05, 4.69) is 29.0 Å². The van der Waals surface area contributed by atoms with Crippen LogP contribution in [-0.4, -0.2) is 9.55 Å². The largest absolute Gasteiger partial charge is 0.334 e. The van der Waals surface area contributed by atoms with Crippen molar-refractivity contribution < 1.29 is 0 Å². The third kappa shape index (κ3) is 2.27. The molecule has 0 spiro atoms. The smallest absolute Gasteiger partial charge is 0.0948 e. The van der Waals surface area contributed by atoms with E-state index in [1.54, 1.807) is 0 Å². The van der Waals surface area contributed by atoms with Gasteiger partial charge in [-0.15, -0.1) is 0 Å². The fraction of sp³-hybridized carbons (Fsp3) is 0.800. The van der Waals surface area contributed by atoms with Gasteiger partial charge in [-0.2, -0.15) is 0 Å². The first-order chi connectivity index (χ1) is 8.33. The van der Waals surface area contributed by atoms with Gasteiger partial charge in [-0.25, -0.2) is 4.98 Å². The molecule has 1 heterocycles. The highest BCUT2D eigenvalue weighted by Crippen LogP contribution is 2.44. The van der Waals surface area contributed by atoms with Crippen molar-refractivity contribution in [2.75, 3.05) is 0 Å². The second-order valence-corrected chi connectivity index (χ2v) is 6.13. The summed E-state index contributed by atoms with van der Waals surface area (Å²) in [6.07, 6.45) is 15.4. The highest BCUT2D eigenvalue weighted by Gasteiger charge is 2.33. The summed E-state index contributed by atoms with van der Waals surface area (Å²) in [4.78, 5) is 4.38. The lowest BCUT2D eigenvalue weighted by atomic mass is 9.72. The van der Waals surface area contributed by atoms with E-state index in [1.165, 1.54) is 63.6 Å². The minimum Gasteiger partial charge on any atom is -0.334 e. The molecular weight excluding hydrogens is 208 g/mol. The van der Waals surface area contributed by atoms with Crippen LogP contribution < -0.4 is 0 Å². The average Bonchev–Trinajstić information content (AvgIpc) is 3.12. The summed E-state index contributed by atoms with van der Waals surface area (Å²) in [5.41, 5.74) is 2.08. The molecule has 2 aliphatic rings. The van der Waals surface area contributed by atoms with Gasteiger partial charge in [0.2, 0.25) is 0 Å². The second kappa shape index (κ2) is 4.47. The van der Waals surface area contributed by atoms with Crippen LogP contribution in [0.25, 0.3) is 0 Å². The van der Waals surface area contributed by atoms with Crippen LogP contribution in [-0.2, 0) is 6.54 Å². The molecule has 2 heteroatoms. The van der Waals surface area contributed by atoms with Gasteiger partial charge in [0.1, 0.15) is 0 Å². The average molecular weight is 232 g/mol. The number of nitrogens with zero attached hydrogens (tertiary/aromatic N) is 2. The first kappa shape index (κ1) is 11.3. The van der Waals surface area contributed by atoms with E-state index in [0.717, 1.165) is 5.92 Å². The van der Waals surface area contributed by atoms with Crippen molar-refractivity contribution in [1.82, 2.24) is 9.55 Å². The van der Waals surface area contributed by atoms with Crippen molar-refractivity contribution in [1.29, 1.82) is 0 Å². The van der Waals surface area contributed by atoms with Crippen molar-refractivity contribution in [3.63, 3.8) is 0 Å². The number of imidazole rings is 1. The van der Waals surface area contributed by atoms with E-state index in [1.807, 2.05) is 0 Å². The predicted octanol–water partition coefficient (Wildman–Crippen LogP) is 4.12. The van der Waals surface area contributed by atoms with Gasteiger partial charge in [0, 0.05) is 24.4 Å². The van der Waals surface area contributed by atoms with Crippen molar-refractivity contribution >= 4 is 0 Å². The van der Waals surface area contributed by atoms with Crippen LogP contribution in [0.2, 0.25) is 0 Å². The molecule has 2 saturated carbocycles. The first-order valence-electron chi connectivity index (χ1n) is 7.33. The minimum absolute atomic E-state index is 0.572. The zero-order valence-corrected chi connectivity index (χ0v) is 11.0. The van der Waals surface area contributed by atoms with Gasteiger partial charge in [0.05, 0.1) is 6.33 Å². The summed E-state index contributed by atoms with van der Waals surface area (Å²) in [5.74, 6) is 0.829. The molecular formula is C15H24N2. The van der Waals surface area contributed by atoms with E-state index in [9.17, 15) is 0 Å². The summed E-state index contributed by atoms with van der Waals surface area (Å²) < 4.78 is 2.46. The summed E-state index contributed by atoms with van der Waals surface area (Å²) in [5, 5.41) is 0. The van der Waals surface area contributed by atoms with Gasteiger partial charge < -0.3 is 4.57 Å². The molecule has 3 rings (SSSR count). The Bertz CT molecular complexity index is 370. The molecule has 2 aliphatic carbocycles. The Morgan fingerprint density at radius 1 is 1.29 bits per heavy atom. The van der Waals surface area contributed by atoms with Gasteiger partial charge in [-0.3, -0.25) is 0 Å². The highest BCUT2D eigenvalue weighted by atomic mass is 15.1. The topological polar surface area (TPSA) is 17.8 Å². The van der Waals surface area contributed by atoms with Crippen LogP contribution >= 0.6 is 0 Å². The maximum absolute atomic E-state index is 4.38. The van der Waals surface area contributed by atoms with Crippen molar-refractivity contribution in [2.45, 2.75) is 70.8 Å². The molecule has 0 bridgehead atoms. The molecule has 17 heavy (non-hydrogen) atoms. The Balaban J connectivity index is 1.77. The van der Waals surface area contributed by atoms with E-state index < -0.39 is 0 Å². The summed E-state index contributed by atoms with van der Waals surface area (Å²) in [6, 6.07) is 0. The SMILES string of the molecule is CCC1(Cn2cncc2C2CC2)CCCCC1. The van der Waals surface area contributed by atoms with Crippen LogP contribution in [0, 0.1) is 5.41 Å². The monoisotopic (exact) mass is 232 g/mol. The molecule has 0 unspecified atom stereocenters. The zero-order valence-electron chi connectivity index (χ0n) is 11.0. The lowest BCUT2D eigenvalue weighted by Gasteiger charge is -2.37. The van der Waals surface area contributed by atoms with Crippen LogP contribution in [0.1, 0.15) is 69.9 Å². The quantitative estimate of drug-likeness (QED) is 0.763. The lowest BCUT2D eigenvalue weighted by molar-refractivity contribution is 0.149. The molecule has 2 fully saturated rings. The van der Waals surface area contributed by atoms with Crippen molar-refractivity contribution in [2.24, 2.45) is 5.41 Å². The lowest BCUT2D eigenvalue weighted by Crippen LogP contribution is -2.29. The van der Waals surface area contributed by atoms with Crippen molar-refractivity contribution in [3.8, 4) is 0 Å². The third-order valence-electron chi connectivity index (χ3n) is 4.91. The normalized spacial score (nSPS) is 23.8. The molecule has 0 N–H and O–H groups in total. The highest BCUT2D eigenvalue weighted by molar-refractivity contribution is 5.13. The Labute approximate surface area is 104 Å². The third-order valence-corrected chi connectivity index (χ3v) is 4.91. The van der Waals surface area contributed by atoms with Crippen molar-refractivity contribution in [3.05, 3.63) is 18.2 Å². The van der Waals surface area contributed by atoms with Gasteiger partial charge >= 0.3 is 0 Å². The molecule has 0 saturated heterocycles. The second-order valence-electron chi connectivity index (χ2n) is 6.13. The van der Waals surface area contributed by atoms with Gasteiger partial charge in [-0.05, 0) is 37.5 Å². The zero-order chi connectivity index (χ0) is 11.7. The van der Waals surface area contributed by atoms with Gasteiger partial charge in [0.25, 0.3) is 0 Å². The van der Waals surface area contributed by atoms with Crippen LogP contribution in [0.15, 0.2) is 12.5 Å². The standard InChI is InChI=1S/C15H24N2/c1-2-15(8-4-3-5-9-15)11-17-12-16-10-14(17)13-6-7-13/h10,12-13H,2-9,11H2,1H3. The minimum atomic E-state index is 0.572. The summed E-state index contributed by atoms with van der Waals surface area (Å²) >= 11 is 0. The predicted molar refractivity (Wildman–Crippen MR) is 70.0 cm³/mol. The number of hydrogen-bond donors (Lipinski definition) is 0. The van der Waals surface area contributed by atoms with Gasteiger partial charge in [0.15, 0.2) is 0 Å². The number of rotatable bonds is 4. The molecule has 94 valence electrons. The molecule has 0 radical (unpaired) electrons. The maximum Gasteiger partial charge on any atom is 0.0948 e. The van der Waals surface area contributed by atoms with Crippen LogP contribution in [0.4, 0.5) is 0 Å². The summed E-state index contributed by atoms with van der Waals surface area (Å²) in [7, 11) is 0. The molecule has 0 amide bonds. The van der Waals surface area contributed by atoms with Gasteiger partial charge in [-0.1, -0.05) is 26.2 Å². The van der Waals surface area contributed by atoms with E-state index in [-0.39, 0.29) is 0 Å². The number of aromatic nitrogens is 2. The first-order valence-corrected chi connectivity index (χ1v) is 7.33. The summed E-state index contributed by atoms with van der Waals surface area (Å²) in [6.45, 7) is 3.59. The van der Waals surface area contributed by atoms with Crippen LogP contribution in [0.3, 0.4) is 0 Å². The number of hydrogen-bond acceptors (Lipinski definition) is 1. The maximum atomic E-state index is 4.38. The molecule has 1 aromatic rings. The molecule has 0 aromatic carbocycles. The Kier molecular flexibility index (Phi) is 2.97. The van der Waals surface area contributed by atoms with Crippen LogP contribution in [0.5, 0.6) is 0 Å². The van der Waals surface area contributed by atoms with E-state index in [4.69, 9.17) is 0 Å². The fourth-order valence-electron chi connectivity index (χ4n) is 3.47. The molecule has 1 aromatic heterocycles. The Hall–Kier alpha value is -0.790. The molecule has 0 aliphatic heterocycles. The van der Waals surface area contributed by atoms with E-state index in [0.29, 0.717) is 5.41 Å².